The molecule has 0 aliphatic carbocycles. The molecule has 0 aliphatic heterocycles. The molecule has 2 nitrogen and oxygen atoms in total. The van der Waals surface area contributed by atoms with Gasteiger partial charge >= 0.3 is 0 Å². The third kappa shape index (κ3) is 2.55. The minimum Gasteiger partial charge on any atom is -0.372 e. The fourth-order valence-electron chi connectivity index (χ4n) is 1.22. The molecule has 3 heteroatoms. The average Bonchev–Trinajstić information content (AvgIpc) is 2.18. The van der Waals surface area contributed by atoms with Gasteiger partial charge in [-0.25, -0.2) is 4.39 Å². The van der Waals surface area contributed by atoms with Crippen molar-refractivity contribution in [2.75, 3.05) is 25.2 Å². The van der Waals surface area contributed by atoms with E-state index in [-0.39, 0.29) is 12.5 Å². The predicted octanol–water partition coefficient (Wildman–Crippen LogP) is 2.29. The lowest BCUT2D eigenvalue weighted by Gasteiger charge is -2.17. The topological polar surface area (TPSA) is 20.3 Å². The van der Waals surface area contributed by atoms with Gasteiger partial charge in [0.1, 0.15) is 6.67 Å². The maximum Gasteiger partial charge on any atom is 0.159 e. The monoisotopic (exact) mass is 195 g/mol. The molecule has 1 aromatic rings. The number of hydrogen-bond donors (Lipinski definition) is 0. The summed E-state index contributed by atoms with van der Waals surface area (Å²) in [4.78, 5) is 12.9. The zero-order valence-corrected chi connectivity index (χ0v) is 8.46. The van der Waals surface area contributed by atoms with E-state index in [0.717, 1.165) is 5.69 Å². The molecule has 0 saturated heterocycles. The first-order valence-corrected chi connectivity index (χ1v) is 4.53. The van der Waals surface area contributed by atoms with Crippen LogP contribution in [0.1, 0.15) is 17.3 Å². The molecule has 0 atom stereocenters. The lowest BCUT2D eigenvalue weighted by atomic mass is 10.1. The Kier molecular flexibility index (Phi) is 3.63. The summed E-state index contributed by atoms with van der Waals surface area (Å²) in [6.45, 7) is 1.48. The smallest absolute Gasteiger partial charge is 0.159 e. The van der Waals surface area contributed by atoms with Gasteiger partial charge in [-0.05, 0) is 19.1 Å². The van der Waals surface area contributed by atoms with E-state index in [1.165, 1.54) is 6.92 Å². The highest BCUT2D eigenvalue weighted by Crippen LogP contribution is 2.14. The van der Waals surface area contributed by atoms with Crippen molar-refractivity contribution in [3.05, 3.63) is 29.8 Å². The predicted molar refractivity (Wildman–Crippen MR) is 55.7 cm³/mol. The molecule has 0 bridgehead atoms. The van der Waals surface area contributed by atoms with E-state index in [4.69, 9.17) is 0 Å². The van der Waals surface area contributed by atoms with Crippen molar-refractivity contribution < 1.29 is 9.18 Å². The molecule has 0 aliphatic rings. The van der Waals surface area contributed by atoms with Gasteiger partial charge in [-0.3, -0.25) is 4.79 Å². The van der Waals surface area contributed by atoms with Crippen LogP contribution in [0.3, 0.4) is 0 Å². The van der Waals surface area contributed by atoms with Crippen molar-refractivity contribution in [1.82, 2.24) is 0 Å². The second kappa shape index (κ2) is 4.74. The lowest BCUT2D eigenvalue weighted by Crippen LogP contribution is -2.19. The van der Waals surface area contributed by atoms with Gasteiger partial charge < -0.3 is 4.90 Å². The number of Topliss-reactive ketones (excluding diaryl/α,β-unsaturated/α-hetero) is 1. The number of anilines is 1. The molecule has 0 unspecified atom stereocenters. The molecular weight excluding hydrogens is 181 g/mol. The molecule has 0 heterocycles. The van der Waals surface area contributed by atoms with Gasteiger partial charge in [0.15, 0.2) is 5.78 Å². The molecule has 0 fully saturated rings. The maximum atomic E-state index is 12.1. The Labute approximate surface area is 83.3 Å². The summed E-state index contributed by atoms with van der Waals surface area (Å²) in [5.74, 6) is 0.0282. The number of alkyl halides is 1. The lowest BCUT2D eigenvalue weighted by molar-refractivity contribution is 0.101. The highest BCUT2D eigenvalue weighted by atomic mass is 19.1. The number of carbonyl (C=O) groups is 1. The van der Waals surface area contributed by atoms with Gasteiger partial charge in [0, 0.05) is 24.8 Å². The van der Waals surface area contributed by atoms with Crippen LogP contribution < -0.4 is 4.90 Å². The third-order valence-corrected chi connectivity index (χ3v) is 2.11. The summed E-state index contributed by atoms with van der Waals surface area (Å²) in [6.07, 6.45) is 0. The molecular formula is C11H14FNO. The van der Waals surface area contributed by atoms with Crippen LogP contribution in [0, 0.1) is 0 Å². The van der Waals surface area contributed by atoms with Crippen LogP contribution >= 0.6 is 0 Å². The van der Waals surface area contributed by atoms with Gasteiger partial charge in [-0.15, -0.1) is 0 Å². The summed E-state index contributed by atoms with van der Waals surface area (Å²) in [5, 5.41) is 0. The molecule has 1 rings (SSSR count). The van der Waals surface area contributed by atoms with Crippen LogP contribution in [0.2, 0.25) is 0 Å². The van der Waals surface area contributed by atoms with Crippen molar-refractivity contribution in [3.8, 4) is 0 Å². The second-order valence-corrected chi connectivity index (χ2v) is 3.22. The van der Waals surface area contributed by atoms with Crippen LogP contribution in [0.15, 0.2) is 24.3 Å². The summed E-state index contributed by atoms with van der Waals surface area (Å²) in [5.41, 5.74) is 1.53. The number of carbonyl (C=O) groups excluding carboxylic acids is 1. The SMILES string of the molecule is CC(=O)c1cccc(N(C)CCF)c1. The fourth-order valence-corrected chi connectivity index (χ4v) is 1.22. The second-order valence-electron chi connectivity index (χ2n) is 3.22. The van der Waals surface area contributed by atoms with Crippen molar-refractivity contribution >= 4 is 11.5 Å². The van der Waals surface area contributed by atoms with E-state index in [2.05, 4.69) is 0 Å². The summed E-state index contributed by atoms with van der Waals surface area (Å²) in [7, 11) is 1.80. The molecule has 14 heavy (non-hydrogen) atoms. The van der Waals surface area contributed by atoms with Gasteiger partial charge in [0.2, 0.25) is 0 Å². The molecule has 0 amide bonds. The molecule has 0 saturated carbocycles. The first-order valence-electron chi connectivity index (χ1n) is 4.53. The maximum absolute atomic E-state index is 12.1. The Morgan fingerprint density at radius 1 is 1.50 bits per heavy atom. The molecule has 0 spiro atoms. The van der Waals surface area contributed by atoms with Gasteiger partial charge in [0.25, 0.3) is 0 Å². The Bertz CT molecular complexity index is 325. The molecule has 0 radical (unpaired) electrons. The minimum absolute atomic E-state index is 0.0282. The minimum atomic E-state index is -0.388. The largest absolute Gasteiger partial charge is 0.372 e. The Morgan fingerprint density at radius 3 is 2.79 bits per heavy atom. The Morgan fingerprint density at radius 2 is 2.21 bits per heavy atom. The van der Waals surface area contributed by atoms with Crippen LogP contribution in [0.4, 0.5) is 10.1 Å². The van der Waals surface area contributed by atoms with E-state index in [1.54, 1.807) is 30.1 Å². The van der Waals surface area contributed by atoms with E-state index in [0.29, 0.717) is 12.1 Å². The first kappa shape index (κ1) is 10.7. The van der Waals surface area contributed by atoms with Gasteiger partial charge in [-0.1, -0.05) is 12.1 Å². The molecule has 76 valence electrons. The van der Waals surface area contributed by atoms with E-state index < -0.39 is 0 Å². The summed E-state index contributed by atoms with van der Waals surface area (Å²) >= 11 is 0. The van der Waals surface area contributed by atoms with Gasteiger partial charge in [-0.2, -0.15) is 0 Å². The standard InChI is InChI=1S/C11H14FNO/c1-9(14)10-4-3-5-11(8-10)13(2)7-6-12/h3-5,8H,6-7H2,1-2H3. The Hall–Kier alpha value is -1.38. The van der Waals surface area contributed by atoms with Crippen molar-refractivity contribution in [1.29, 1.82) is 0 Å². The number of benzene rings is 1. The van der Waals surface area contributed by atoms with Crippen LogP contribution in [-0.2, 0) is 0 Å². The number of nitrogens with zero attached hydrogens (tertiary/aromatic N) is 1. The summed E-state index contributed by atoms with van der Waals surface area (Å²) in [6, 6.07) is 7.20. The highest BCUT2D eigenvalue weighted by Gasteiger charge is 2.03. The van der Waals surface area contributed by atoms with Crippen molar-refractivity contribution in [2.45, 2.75) is 6.92 Å². The number of ketones is 1. The van der Waals surface area contributed by atoms with E-state index in [1.807, 2.05) is 6.07 Å². The fraction of sp³-hybridized carbons (Fsp3) is 0.364. The zero-order valence-electron chi connectivity index (χ0n) is 8.46. The third-order valence-electron chi connectivity index (χ3n) is 2.11. The van der Waals surface area contributed by atoms with Crippen LogP contribution in [0.5, 0.6) is 0 Å². The highest BCUT2D eigenvalue weighted by molar-refractivity contribution is 5.94. The first-order chi connectivity index (χ1) is 6.65. The van der Waals surface area contributed by atoms with Crippen molar-refractivity contribution in [3.63, 3.8) is 0 Å². The summed E-state index contributed by atoms with van der Waals surface area (Å²) < 4.78 is 12.1. The molecule has 0 aromatic heterocycles. The number of rotatable bonds is 4. The molecule has 1 aromatic carbocycles. The average molecular weight is 195 g/mol. The van der Waals surface area contributed by atoms with Gasteiger partial charge in [0.05, 0.1) is 0 Å². The van der Waals surface area contributed by atoms with E-state index in [9.17, 15) is 9.18 Å². The normalized spacial score (nSPS) is 9.93. The van der Waals surface area contributed by atoms with Crippen molar-refractivity contribution in [2.24, 2.45) is 0 Å². The van der Waals surface area contributed by atoms with Crippen LogP contribution in [0.25, 0.3) is 0 Å². The number of halogens is 1. The van der Waals surface area contributed by atoms with E-state index >= 15 is 0 Å². The number of hydrogen-bond acceptors (Lipinski definition) is 2. The quantitative estimate of drug-likeness (QED) is 0.687. The molecule has 0 N–H and O–H groups in total. The van der Waals surface area contributed by atoms with Crippen LogP contribution in [-0.4, -0.2) is 26.1 Å². The Balaban J connectivity index is 2.87. The zero-order chi connectivity index (χ0) is 10.6.